The average molecular weight is 573 g/mol. The Hall–Kier alpha value is -4.40. The van der Waals surface area contributed by atoms with Crippen LogP contribution in [0.3, 0.4) is 0 Å². The monoisotopic (exact) mass is 572 g/mol. The van der Waals surface area contributed by atoms with Crippen LogP contribution in [0.2, 0.25) is 0 Å². The molecule has 42 heavy (non-hydrogen) atoms. The number of urea groups is 1. The molecule has 0 atom stereocenters. The number of nitrogens with zero attached hydrogens (tertiary/aromatic N) is 2. The minimum absolute atomic E-state index is 0.0648. The van der Waals surface area contributed by atoms with E-state index in [-0.39, 0.29) is 36.4 Å². The van der Waals surface area contributed by atoms with E-state index < -0.39 is 5.97 Å². The largest absolute Gasteiger partial charge is 0.481 e. The number of carboxylic acid groups (broad SMARTS) is 1. The third-order valence-corrected chi connectivity index (χ3v) is 7.77. The predicted molar refractivity (Wildman–Crippen MR) is 162 cm³/mol. The van der Waals surface area contributed by atoms with E-state index in [4.69, 9.17) is 9.84 Å². The van der Waals surface area contributed by atoms with Crippen molar-refractivity contribution in [1.82, 2.24) is 15.2 Å². The van der Waals surface area contributed by atoms with Crippen molar-refractivity contribution in [3.63, 3.8) is 0 Å². The first-order valence-corrected chi connectivity index (χ1v) is 14.4. The highest BCUT2D eigenvalue weighted by molar-refractivity contribution is 5.94. The van der Waals surface area contributed by atoms with Crippen molar-refractivity contribution >= 4 is 23.6 Å². The van der Waals surface area contributed by atoms with Gasteiger partial charge in [-0.3, -0.25) is 9.59 Å². The number of carboxylic acids is 1. The second kappa shape index (κ2) is 14.0. The molecule has 0 radical (unpaired) electrons. The van der Waals surface area contributed by atoms with Crippen molar-refractivity contribution in [2.24, 2.45) is 11.3 Å². The number of nitrogens with one attached hydrogen (secondary N) is 2. The summed E-state index contributed by atoms with van der Waals surface area (Å²) in [6.45, 7) is 7.29. The number of benzene rings is 2. The number of para-hydroxylation sites is 1. The molecular formula is C33H40N4O5. The van der Waals surface area contributed by atoms with Gasteiger partial charge >= 0.3 is 12.0 Å². The van der Waals surface area contributed by atoms with Crippen molar-refractivity contribution in [3.8, 4) is 11.6 Å². The van der Waals surface area contributed by atoms with E-state index in [9.17, 15) is 14.4 Å². The lowest BCUT2D eigenvalue weighted by Crippen LogP contribution is -2.45. The molecule has 3 amide bonds. The highest BCUT2D eigenvalue weighted by Gasteiger charge is 2.33. The van der Waals surface area contributed by atoms with E-state index in [1.54, 1.807) is 30.5 Å². The second-order valence-electron chi connectivity index (χ2n) is 11.8. The Morgan fingerprint density at radius 3 is 2.24 bits per heavy atom. The van der Waals surface area contributed by atoms with Gasteiger partial charge in [-0.1, -0.05) is 51.1 Å². The van der Waals surface area contributed by atoms with Gasteiger partial charge in [0, 0.05) is 30.8 Å². The standard InChI is InChI=1S/C33H40N4O5/c1-33(2,3)25-13-16-27(17-14-25)37(22-23-9-11-24(12-10-23)31(40)34-20-19-30(38)39)32(41)36-26-15-18-29(35-21-26)42-28-7-5-4-6-8-28/h4-12,15,18,21,25,27H,13-14,16-17,19-20,22H2,1-3H3,(H,34,40)(H,36,41)(H,38,39). The fourth-order valence-electron chi connectivity index (χ4n) is 5.28. The van der Waals surface area contributed by atoms with Gasteiger partial charge in [0.15, 0.2) is 0 Å². The average Bonchev–Trinajstić information content (AvgIpc) is 2.97. The van der Waals surface area contributed by atoms with Crippen LogP contribution in [0.25, 0.3) is 0 Å². The molecule has 0 aliphatic heterocycles. The number of aliphatic carboxylic acids is 1. The topological polar surface area (TPSA) is 121 Å². The third-order valence-electron chi connectivity index (χ3n) is 7.77. The van der Waals surface area contributed by atoms with Crippen LogP contribution < -0.4 is 15.4 Å². The molecule has 0 bridgehead atoms. The first-order chi connectivity index (χ1) is 20.1. The Morgan fingerprint density at radius 1 is 0.952 bits per heavy atom. The molecule has 3 aromatic rings. The maximum Gasteiger partial charge on any atom is 0.322 e. The number of rotatable bonds is 10. The first-order valence-electron chi connectivity index (χ1n) is 14.4. The summed E-state index contributed by atoms with van der Waals surface area (Å²) in [7, 11) is 0. The van der Waals surface area contributed by atoms with E-state index in [0.29, 0.717) is 35.3 Å². The van der Waals surface area contributed by atoms with Crippen molar-refractivity contribution in [2.45, 2.75) is 65.5 Å². The van der Waals surface area contributed by atoms with Crippen LogP contribution in [-0.4, -0.2) is 45.5 Å². The number of amides is 3. The molecule has 9 nitrogen and oxygen atoms in total. The lowest BCUT2D eigenvalue weighted by atomic mass is 9.71. The highest BCUT2D eigenvalue weighted by Crippen LogP contribution is 2.39. The van der Waals surface area contributed by atoms with Gasteiger partial charge in [-0.2, -0.15) is 0 Å². The number of anilines is 1. The minimum Gasteiger partial charge on any atom is -0.481 e. The lowest BCUT2D eigenvalue weighted by Gasteiger charge is -2.41. The van der Waals surface area contributed by atoms with Gasteiger partial charge < -0.3 is 25.4 Å². The molecule has 1 aliphatic carbocycles. The van der Waals surface area contributed by atoms with Gasteiger partial charge in [0.05, 0.1) is 18.3 Å². The zero-order valence-electron chi connectivity index (χ0n) is 24.5. The van der Waals surface area contributed by atoms with Gasteiger partial charge in [-0.05, 0) is 72.9 Å². The number of hydrogen-bond acceptors (Lipinski definition) is 5. The molecule has 1 aromatic heterocycles. The fraction of sp³-hybridized carbons (Fsp3) is 0.394. The van der Waals surface area contributed by atoms with Crippen LogP contribution in [-0.2, 0) is 11.3 Å². The summed E-state index contributed by atoms with van der Waals surface area (Å²) < 4.78 is 5.77. The fourth-order valence-corrected chi connectivity index (χ4v) is 5.28. The van der Waals surface area contributed by atoms with Gasteiger partial charge in [-0.15, -0.1) is 0 Å². The van der Waals surface area contributed by atoms with Crippen LogP contribution in [0.5, 0.6) is 11.6 Å². The predicted octanol–water partition coefficient (Wildman–Crippen LogP) is 6.72. The maximum atomic E-state index is 13.7. The second-order valence-corrected chi connectivity index (χ2v) is 11.8. The number of carbonyl (C=O) groups is 3. The Balaban J connectivity index is 1.44. The van der Waals surface area contributed by atoms with Crippen LogP contribution >= 0.6 is 0 Å². The lowest BCUT2D eigenvalue weighted by molar-refractivity contribution is -0.136. The van der Waals surface area contributed by atoms with E-state index >= 15 is 0 Å². The van der Waals surface area contributed by atoms with Gasteiger partial charge in [0.2, 0.25) is 5.88 Å². The summed E-state index contributed by atoms with van der Waals surface area (Å²) in [5.41, 5.74) is 2.14. The molecule has 0 saturated heterocycles. The summed E-state index contributed by atoms with van der Waals surface area (Å²) in [5, 5.41) is 14.4. The molecule has 1 aliphatic rings. The number of carbonyl (C=O) groups excluding carboxylic acids is 2. The highest BCUT2D eigenvalue weighted by atomic mass is 16.5. The Morgan fingerprint density at radius 2 is 1.64 bits per heavy atom. The number of pyridine rings is 1. The Kier molecular flexibility index (Phi) is 10.2. The number of aromatic nitrogens is 1. The minimum atomic E-state index is -0.965. The van der Waals surface area contributed by atoms with E-state index in [1.165, 1.54) is 0 Å². The third kappa shape index (κ3) is 8.80. The Bertz CT molecular complexity index is 1330. The summed E-state index contributed by atoms with van der Waals surface area (Å²) in [5.74, 6) is 0.433. The summed E-state index contributed by atoms with van der Waals surface area (Å²) in [6.07, 6.45) is 5.40. The summed E-state index contributed by atoms with van der Waals surface area (Å²) in [6, 6.07) is 19.8. The van der Waals surface area contributed by atoms with E-state index in [2.05, 4.69) is 36.4 Å². The molecular weight excluding hydrogens is 532 g/mol. The van der Waals surface area contributed by atoms with Gasteiger partial charge in [0.25, 0.3) is 5.91 Å². The van der Waals surface area contributed by atoms with Crippen LogP contribution in [0.4, 0.5) is 10.5 Å². The van der Waals surface area contributed by atoms with Crippen molar-refractivity contribution in [2.75, 3.05) is 11.9 Å². The molecule has 1 fully saturated rings. The normalized spacial score (nSPS) is 16.7. The van der Waals surface area contributed by atoms with Crippen LogP contribution in [0.1, 0.15) is 68.8 Å². The van der Waals surface area contributed by atoms with Crippen molar-refractivity contribution in [1.29, 1.82) is 0 Å². The summed E-state index contributed by atoms with van der Waals surface area (Å²) >= 11 is 0. The molecule has 0 unspecified atom stereocenters. The maximum absolute atomic E-state index is 13.7. The molecule has 2 aromatic carbocycles. The molecule has 3 N–H and O–H groups in total. The van der Waals surface area contributed by atoms with Crippen LogP contribution in [0, 0.1) is 11.3 Å². The quantitative estimate of drug-likeness (QED) is 0.248. The zero-order chi connectivity index (χ0) is 30.1. The van der Waals surface area contributed by atoms with Crippen molar-refractivity contribution in [3.05, 3.63) is 84.1 Å². The number of ether oxygens (including phenoxy) is 1. The van der Waals surface area contributed by atoms with E-state index in [1.807, 2.05) is 47.4 Å². The molecule has 222 valence electrons. The molecule has 0 spiro atoms. The Labute approximate surface area is 247 Å². The molecule has 1 heterocycles. The number of hydrogen-bond donors (Lipinski definition) is 3. The molecule has 1 saturated carbocycles. The first kappa shape index (κ1) is 30.6. The van der Waals surface area contributed by atoms with Crippen molar-refractivity contribution < 1.29 is 24.2 Å². The molecule has 4 rings (SSSR count). The zero-order valence-corrected chi connectivity index (χ0v) is 24.5. The van der Waals surface area contributed by atoms with Gasteiger partial charge in [-0.25, -0.2) is 9.78 Å². The van der Waals surface area contributed by atoms with Gasteiger partial charge in [0.1, 0.15) is 5.75 Å². The van der Waals surface area contributed by atoms with E-state index in [0.717, 1.165) is 31.2 Å². The van der Waals surface area contributed by atoms with Crippen LogP contribution in [0.15, 0.2) is 72.9 Å². The molecule has 9 heteroatoms. The summed E-state index contributed by atoms with van der Waals surface area (Å²) in [4.78, 5) is 43.0. The smallest absolute Gasteiger partial charge is 0.322 e. The SMILES string of the molecule is CC(C)(C)C1CCC(N(Cc2ccc(C(=O)NCCC(=O)O)cc2)C(=O)Nc2ccc(Oc3ccccc3)nc2)CC1.